The third-order valence-corrected chi connectivity index (χ3v) is 4.44. The van der Waals surface area contributed by atoms with Crippen LogP contribution in [-0.4, -0.2) is 27.0 Å². The predicted octanol–water partition coefficient (Wildman–Crippen LogP) is 3.21. The first-order valence-electron chi connectivity index (χ1n) is 7.62. The van der Waals surface area contributed by atoms with E-state index in [1.165, 1.54) is 18.1 Å². The van der Waals surface area contributed by atoms with Crippen molar-refractivity contribution in [3.63, 3.8) is 0 Å². The van der Waals surface area contributed by atoms with Crippen molar-refractivity contribution in [1.29, 1.82) is 0 Å². The number of hydrogen-bond donors (Lipinski definition) is 1. The number of ketones is 1. The first kappa shape index (κ1) is 16.9. The van der Waals surface area contributed by atoms with E-state index in [4.69, 9.17) is 0 Å². The van der Waals surface area contributed by atoms with Crippen molar-refractivity contribution >= 4 is 23.5 Å². The van der Waals surface area contributed by atoms with Crippen molar-refractivity contribution in [2.24, 2.45) is 0 Å². The number of aromatic nitrogens is 2. The second-order valence-electron chi connectivity index (χ2n) is 5.12. The molecule has 25 heavy (non-hydrogen) atoms. The zero-order valence-electron chi connectivity index (χ0n) is 13.2. The smallest absolute Gasteiger partial charge is 0.252 e. The Morgan fingerprint density at radius 3 is 2.12 bits per heavy atom. The van der Waals surface area contributed by atoms with Crippen molar-refractivity contribution in [2.75, 3.05) is 0 Å². The molecule has 6 heteroatoms. The third kappa shape index (κ3) is 4.51. The summed E-state index contributed by atoms with van der Waals surface area (Å²) in [5.41, 5.74) is 1.03. The predicted molar refractivity (Wildman–Crippen MR) is 96.4 cm³/mol. The van der Waals surface area contributed by atoms with Crippen LogP contribution in [0.5, 0.6) is 0 Å². The van der Waals surface area contributed by atoms with Gasteiger partial charge in [0, 0.05) is 17.3 Å². The average Bonchev–Trinajstić information content (AvgIpc) is 2.69. The first-order valence-corrected chi connectivity index (χ1v) is 8.50. The molecule has 0 fully saturated rings. The number of amides is 1. The van der Waals surface area contributed by atoms with Gasteiger partial charge in [-0.3, -0.25) is 9.59 Å². The van der Waals surface area contributed by atoms with Gasteiger partial charge in [0.05, 0.1) is 0 Å². The summed E-state index contributed by atoms with van der Waals surface area (Å²) in [6, 6.07) is 19.4. The number of benzene rings is 2. The van der Waals surface area contributed by atoms with Crippen molar-refractivity contribution in [3.05, 3.63) is 90.4 Å². The van der Waals surface area contributed by atoms with E-state index in [-0.39, 0.29) is 11.7 Å². The lowest BCUT2D eigenvalue weighted by Gasteiger charge is -2.17. The van der Waals surface area contributed by atoms with Crippen LogP contribution in [0.25, 0.3) is 0 Å². The Balaban J connectivity index is 1.83. The standard InChI is InChI=1S/C19H15N3O2S/c23-17(14-7-3-1-4-8-14)19(25-16-11-12-20-13-21-16)22-18(24)15-9-5-2-6-10-15/h1-13,19H,(H,22,24)/t19-/m0/s1. The molecular formula is C19H15N3O2S. The van der Waals surface area contributed by atoms with E-state index >= 15 is 0 Å². The molecule has 5 nitrogen and oxygen atoms in total. The molecule has 1 N–H and O–H groups in total. The van der Waals surface area contributed by atoms with Gasteiger partial charge in [0.25, 0.3) is 5.91 Å². The fourth-order valence-electron chi connectivity index (χ4n) is 2.16. The molecule has 1 aromatic heterocycles. The number of nitrogens with zero attached hydrogens (tertiary/aromatic N) is 2. The monoisotopic (exact) mass is 349 g/mol. The van der Waals surface area contributed by atoms with Crippen LogP contribution >= 0.6 is 11.8 Å². The molecule has 1 heterocycles. The zero-order chi connectivity index (χ0) is 17.5. The van der Waals surface area contributed by atoms with Crippen molar-refractivity contribution in [2.45, 2.75) is 10.4 Å². The normalized spacial score (nSPS) is 11.5. The molecule has 124 valence electrons. The van der Waals surface area contributed by atoms with E-state index in [1.54, 1.807) is 60.8 Å². The summed E-state index contributed by atoms with van der Waals surface area (Å²) >= 11 is 1.18. The average molecular weight is 349 g/mol. The topological polar surface area (TPSA) is 72.0 Å². The summed E-state index contributed by atoms with van der Waals surface area (Å²) in [6.07, 6.45) is 3.00. The van der Waals surface area contributed by atoms with Gasteiger partial charge >= 0.3 is 0 Å². The molecule has 2 aromatic carbocycles. The Morgan fingerprint density at radius 1 is 0.880 bits per heavy atom. The zero-order valence-corrected chi connectivity index (χ0v) is 14.0. The molecule has 1 amide bonds. The Labute approximate surface area is 149 Å². The lowest BCUT2D eigenvalue weighted by molar-refractivity contribution is 0.0892. The molecule has 3 aromatic rings. The van der Waals surface area contributed by atoms with E-state index in [0.717, 1.165) is 0 Å². The van der Waals surface area contributed by atoms with Crippen molar-refractivity contribution in [3.8, 4) is 0 Å². The third-order valence-electron chi connectivity index (χ3n) is 3.39. The summed E-state index contributed by atoms with van der Waals surface area (Å²) in [7, 11) is 0. The van der Waals surface area contributed by atoms with Crippen LogP contribution in [0.4, 0.5) is 0 Å². The van der Waals surface area contributed by atoms with Crippen molar-refractivity contribution in [1.82, 2.24) is 15.3 Å². The van der Waals surface area contributed by atoms with Crippen LogP contribution in [0.3, 0.4) is 0 Å². The molecular weight excluding hydrogens is 334 g/mol. The minimum atomic E-state index is -0.787. The molecule has 0 aliphatic rings. The fraction of sp³-hybridized carbons (Fsp3) is 0.0526. The second-order valence-corrected chi connectivity index (χ2v) is 6.24. The van der Waals surface area contributed by atoms with Gasteiger partial charge in [-0.25, -0.2) is 9.97 Å². The van der Waals surface area contributed by atoms with Crippen LogP contribution in [0, 0.1) is 0 Å². The highest BCUT2D eigenvalue weighted by Gasteiger charge is 2.24. The van der Waals surface area contributed by atoms with Crippen LogP contribution in [0.2, 0.25) is 0 Å². The first-order chi connectivity index (χ1) is 12.2. The number of nitrogens with one attached hydrogen (secondary N) is 1. The number of carbonyl (C=O) groups excluding carboxylic acids is 2. The van der Waals surface area contributed by atoms with Gasteiger partial charge in [-0.1, -0.05) is 60.3 Å². The van der Waals surface area contributed by atoms with Crippen LogP contribution in [-0.2, 0) is 0 Å². The summed E-state index contributed by atoms with van der Waals surface area (Å²) in [4.78, 5) is 33.3. The van der Waals surface area contributed by atoms with Gasteiger partial charge in [0.15, 0.2) is 5.78 Å². The highest BCUT2D eigenvalue weighted by molar-refractivity contribution is 8.00. The van der Waals surface area contributed by atoms with Gasteiger partial charge in [-0.15, -0.1) is 0 Å². The van der Waals surface area contributed by atoms with Crippen LogP contribution < -0.4 is 5.32 Å². The minimum Gasteiger partial charge on any atom is -0.333 e. The number of hydrogen-bond acceptors (Lipinski definition) is 5. The molecule has 0 aliphatic heterocycles. The number of carbonyl (C=O) groups is 2. The van der Waals surface area contributed by atoms with Crippen LogP contribution in [0.15, 0.2) is 84.3 Å². The molecule has 3 rings (SSSR count). The maximum absolute atomic E-state index is 12.8. The van der Waals surface area contributed by atoms with Gasteiger partial charge < -0.3 is 5.32 Å². The number of Topliss-reactive ketones (excluding diaryl/α,β-unsaturated/α-hetero) is 1. The summed E-state index contributed by atoms with van der Waals surface area (Å²) in [5, 5.41) is 2.62. The molecule has 0 spiro atoms. The lowest BCUT2D eigenvalue weighted by atomic mass is 10.1. The molecule has 0 unspecified atom stereocenters. The Morgan fingerprint density at radius 2 is 1.52 bits per heavy atom. The largest absolute Gasteiger partial charge is 0.333 e. The molecule has 0 saturated heterocycles. The summed E-state index contributed by atoms with van der Waals surface area (Å²) in [6.45, 7) is 0. The highest BCUT2D eigenvalue weighted by Crippen LogP contribution is 2.22. The number of rotatable bonds is 6. The second kappa shape index (κ2) is 8.21. The van der Waals surface area contributed by atoms with E-state index < -0.39 is 5.37 Å². The lowest BCUT2D eigenvalue weighted by Crippen LogP contribution is -2.38. The molecule has 0 saturated carbocycles. The van der Waals surface area contributed by atoms with E-state index in [0.29, 0.717) is 16.2 Å². The molecule has 0 radical (unpaired) electrons. The van der Waals surface area contributed by atoms with Gasteiger partial charge in [0.2, 0.25) is 0 Å². The molecule has 0 aliphatic carbocycles. The van der Waals surface area contributed by atoms with E-state index in [1.807, 2.05) is 12.1 Å². The minimum absolute atomic E-state index is 0.187. The van der Waals surface area contributed by atoms with E-state index in [9.17, 15) is 9.59 Å². The Kier molecular flexibility index (Phi) is 5.53. The highest BCUT2D eigenvalue weighted by atomic mass is 32.2. The summed E-state index contributed by atoms with van der Waals surface area (Å²) < 4.78 is 0. The fourth-order valence-corrected chi connectivity index (χ4v) is 3.06. The van der Waals surface area contributed by atoms with Crippen molar-refractivity contribution < 1.29 is 9.59 Å². The molecule has 0 bridgehead atoms. The summed E-state index contributed by atoms with van der Waals surface area (Å²) in [5.74, 6) is -0.495. The van der Waals surface area contributed by atoms with Crippen LogP contribution in [0.1, 0.15) is 20.7 Å². The Hall–Kier alpha value is -2.99. The van der Waals surface area contributed by atoms with E-state index in [2.05, 4.69) is 15.3 Å². The Bertz CT molecular complexity index is 842. The molecule has 1 atom stereocenters. The van der Waals surface area contributed by atoms with Gasteiger partial charge in [-0.2, -0.15) is 0 Å². The maximum atomic E-state index is 12.8. The SMILES string of the molecule is O=C(N[C@@H](Sc1ccncn1)C(=O)c1ccccc1)c1ccccc1. The quantitative estimate of drug-likeness (QED) is 0.320. The maximum Gasteiger partial charge on any atom is 0.252 e. The van der Waals surface area contributed by atoms with Gasteiger partial charge in [0.1, 0.15) is 16.7 Å². The van der Waals surface area contributed by atoms with Gasteiger partial charge in [-0.05, 0) is 18.2 Å². The number of thioether (sulfide) groups is 1.